The van der Waals surface area contributed by atoms with Crippen molar-refractivity contribution in [1.29, 1.82) is 0 Å². The smallest absolute Gasteiger partial charge is 0.266 e. The lowest BCUT2D eigenvalue weighted by molar-refractivity contribution is 0.0926. The summed E-state index contributed by atoms with van der Waals surface area (Å²) in [6.07, 6.45) is 0. The van der Waals surface area contributed by atoms with Gasteiger partial charge in [-0.3, -0.25) is 14.4 Å². The molecule has 162 valence electrons. The second-order valence-electron chi connectivity index (χ2n) is 6.80. The lowest BCUT2D eigenvalue weighted by atomic mass is 10.1. The van der Waals surface area contributed by atoms with Gasteiger partial charge in [0, 0.05) is 6.07 Å². The number of nitrogens with one attached hydrogen (secondary N) is 1. The second-order valence-corrected chi connectivity index (χ2v) is 7.61. The maximum absolute atomic E-state index is 13.2. The molecule has 0 atom stereocenters. The first-order chi connectivity index (χ1) is 15.3. The van der Waals surface area contributed by atoms with Crippen molar-refractivity contribution in [1.82, 2.24) is 0 Å². The maximum Gasteiger partial charge on any atom is 0.266 e. The Bertz CT molecular complexity index is 1230. The normalized spacial score (nSPS) is 12.6. The van der Waals surface area contributed by atoms with Crippen molar-refractivity contribution in [3.63, 3.8) is 0 Å². The van der Waals surface area contributed by atoms with Crippen LogP contribution in [0.15, 0.2) is 54.6 Å². The number of ether oxygens (including phenoxy) is 2. The Morgan fingerprint density at radius 1 is 0.875 bits per heavy atom. The molecule has 0 bridgehead atoms. The van der Waals surface area contributed by atoms with Crippen LogP contribution in [0.5, 0.6) is 11.5 Å². The molecule has 32 heavy (non-hydrogen) atoms. The third kappa shape index (κ3) is 3.66. The van der Waals surface area contributed by atoms with Crippen LogP contribution >= 0.6 is 23.2 Å². The number of benzene rings is 3. The van der Waals surface area contributed by atoms with Crippen LogP contribution in [0.3, 0.4) is 0 Å². The fourth-order valence-corrected chi connectivity index (χ4v) is 3.74. The fraction of sp³-hybridized carbons (Fsp3) is 0.0870. The van der Waals surface area contributed by atoms with Crippen LogP contribution in [0.1, 0.15) is 31.1 Å². The molecule has 0 radical (unpaired) electrons. The van der Waals surface area contributed by atoms with Crippen LogP contribution in [0, 0.1) is 0 Å². The predicted octanol–water partition coefficient (Wildman–Crippen LogP) is 5.06. The number of nitrogens with zero attached hydrogens (tertiary/aromatic N) is 1. The predicted molar refractivity (Wildman–Crippen MR) is 122 cm³/mol. The monoisotopic (exact) mass is 470 g/mol. The molecule has 3 aromatic rings. The number of anilines is 2. The summed E-state index contributed by atoms with van der Waals surface area (Å²) >= 11 is 12.0. The van der Waals surface area contributed by atoms with Crippen LogP contribution in [0.4, 0.5) is 11.4 Å². The Kier molecular flexibility index (Phi) is 5.78. The number of hydrogen-bond acceptors (Lipinski definition) is 5. The first kappa shape index (κ1) is 21.7. The van der Waals surface area contributed by atoms with Gasteiger partial charge < -0.3 is 14.8 Å². The molecule has 1 heterocycles. The first-order valence-corrected chi connectivity index (χ1v) is 10.1. The minimum absolute atomic E-state index is 0.115. The highest BCUT2D eigenvalue weighted by Crippen LogP contribution is 2.36. The van der Waals surface area contributed by atoms with Crippen LogP contribution < -0.4 is 19.7 Å². The molecule has 1 N–H and O–H groups in total. The maximum atomic E-state index is 13.2. The van der Waals surface area contributed by atoms with Crippen LogP contribution in [-0.4, -0.2) is 31.9 Å². The van der Waals surface area contributed by atoms with Crippen molar-refractivity contribution in [2.75, 3.05) is 24.4 Å². The van der Waals surface area contributed by atoms with Gasteiger partial charge in [-0.05, 0) is 36.4 Å². The molecule has 1 aliphatic rings. The van der Waals surface area contributed by atoms with Crippen LogP contribution in [0.25, 0.3) is 0 Å². The lowest BCUT2D eigenvalue weighted by Gasteiger charge is -2.18. The van der Waals surface area contributed by atoms with Gasteiger partial charge in [-0.25, -0.2) is 4.90 Å². The number of carbonyl (C=O) groups excluding carboxylic acids is 3. The van der Waals surface area contributed by atoms with Gasteiger partial charge in [0.05, 0.1) is 52.3 Å². The molecular formula is C23H16Cl2N2O5. The molecular weight excluding hydrogens is 455 g/mol. The van der Waals surface area contributed by atoms with Gasteiger partial charge in [0.15, 0.2) is 0 Å². The molecule has 0 saturated carbocycles. The van der Waals surface area contributed by atoms with Gasteiger partial charge >= 0.3 is 0 Å². The standard InChI is InChI=1S/C23H16Cl2N2O5/c1-31-12-7-8-20(32-2)18(9-12)26-21(28)13-5-3-4-6-19(13)27-22(29)14-10-16(24)17(25)11-15(14)23(27)30/h3-11H,1-2H3,(H,26,28). The summed E-state index contributed by atoms with van der Waals surface area (Å²) in [5.74, 6) is -0.796. The Hall–Kier alpha value is -3.55. The molecule has 0 fully saturated rings. The number of methoxy groups -OCH3 is 2. The Morgan fingerprint density at radius 3 is 2.09 bits per heavy atom. The lowest BCUT2D eigenvalue weighted by Crippen LogP contribution is -2.31. The number of amides is 3. The SMILES string of the molecule is COc1ccc(OC)c(NC(=O)c2ccccc2N2C(=O)c3cc(Cl)c(Cl)cc3C2=O)c1. The molecule has 9 heteroatoms. The Morgan fingerprint density at radius 2 is 1.50 bits per heavy atom. The molecule has 0 saturated heterocycles. The highest BCUT2D eigenvalue weighted by atomic mass is 35.5. The molecule has 0 aliphatic carbocycles. The van der Waals surface area contributed by atoms with E-state index in [-0.39, 0.29) is 32.4 Å². The van der Waals surface area contributed by atoms with Gasteiger partial charge in [-0.1, -0.05) is 35.3 Å². The van der Waals surface area contributed by atoms with Gasteiger partial charge in [0.1, 0.15) is 11.5 Å². The summed E-state index contributed by atoms with van der Waals surface area (Å²) < 4.78 is 10.5. The van der Waals surface area contributed by atoms with Crippen LogP contribution in [0.2, 0.25) is 10.0 Å². The number of hydrogen-bond donors (Lipinski definition) is 1. The van der Waals surface area contributed by atoms with E-state index in [9.17, 15) is 14.4 Å². The average Bonchev–Trinajstić information content (AvgIpc) is 3.03. The van der Waals surface area contributed by atoms with Crippen molar-refractivity contribution in [2.24, 2.45) is 0 Å². The topological polar surface area (TPSA) is 84.9 Å². The van der Waals surface area contributed by atoms with E-state index in [0.29, 0.717) is 17.2 Å². The first-order valence-electron chi connectivity index (χ1n) is 9.36. The van der Waals surface area contributed by atoms with E-state index in [1.165, 1.54) is 38.5 Å². The summed E-state index contributed by atoms with van der Waals surface area (Å²) in [5, 5.41) is 3.06. The molecule has 0 spiro atoms. The molecule has 1 aliphatic heterocycles. The zero-order chi connectivity index (χ0) is 23.0. The van der Waals surface area contributed by atoms with Gasteiger partial charge in [0.25, 0.3) is 17.7 Å². The molecule has 0 unspecified atom stereocenters. The van der Waals surface area contributed by atoms with Gasteiger partial charge in [-0.15, -0.1) is 0 Å². The highest BCUT2D eigenvalue weighted by Gasteiger charge is 2.39. The summed E-state index contributed by atoms with van der Waals surface area (Å²) in [5.41, 5.74) is 0.852. The number of halogens is 2. The van der Waals surface area contributed by atoms with Gasteiger partial charge in [0.2, 0.25) is 0 Å². The van der Waals surface area contributed by atoms with Crippen molar-refractivity contribution in [2.45, 2.75) is 0 Å². The second kappa shape index (κ2) is 8.53. The number of rotatable bonds is 5. The van der Waals surface area contributed by atoms with E-state index in [4.69, 9.17) is 32.7 Å². The zero-order valence-electron chi connectivity index (χ0n) is 16.9. The Balaban J connectivity index is 1.72. The van der Waals surface area contributed by atoms with E-state index in [0.717, 1.165) is 4.90 Å². The van der Waals surface area contributed by atoms with Crippen LogP contribution in [-0.2, 0) is 0 Å². The van der Waals surface area contributed by atoms with Crippen molar-refractivity contribution >= 4 is 52.3 Å². The third-order valence-corrected chi connectivity index (χ3v) is 5.69. The summed E-state index contributed by atoms with van der Waals surface area (Å²) in [6, 6.07) is 13.9. The molecule has 3 amide bonds. The van der Waals surface area contributed by atoms with Crippen molar-refractivity contribution in [3.05, 3.63) is 81.3 Å². The van der Waals surface area contributed by atoms with E-state index in [2.05, 4.69) is 5.32 Å². The quantitative estimate of drug-likeness (QED) is 0.526. The zero-order valence-corrected chi connectivity index (χ0v) is 18.5. The number of para-hydroxylation sites is 1. The largest absolute Gasteiger partial charge is 0.497 e. The van der Waals surface area contributed by atoms with E-state index < -0.39 is 17.7 Å². The fourth-order valence-electron chi connectivity index (χ4n) is 3.41. The minimum atomic E-state index is -0.595. The number of imide groups is 1. The van der Waals surface area contributed by atoms with Crippen molar-refractivity contribution < 1.29 is 23.9 Å². The van der Waals surface area contributed by atoms with Gasteiger partial charge in [-0.2, -0.15) is 0 Å². The minimum Gasteiger partial charge on any atom is -0.497 e. The van der Waals surface area contributed by atoms with Crippen molar-refractivity contribution in [3.8, 4) is 11.5 Å². The molecule has 0 aromatic heterocycles. The summed E-state index contributed by atoms with van der Waals surface area (Å²) in [6.45, 7) is 0. The molecule has 4 rings (SSSR count). The van der Waals surface area contributed by atoms with E-state index in [1.54, 1.807) is 30.3 Å². The van der Waals surface area contributed by atoms with E-state index in [1.807, 2.05) is 0 Å². The molecule has 3 aromatic carbocycles. The summed E-state index contributed by atoms with van der Waals surface area (Å²) in [7, 11) is 2.98. The number of fused-ring (bicyclic) bond motifs is 1. The molecule has 7 nitrogen and oxygen atoms in total. The third-order valence-electron chi connectivity index (χ3n) is 4.97. The Labute approximate surface area is 193 Å². The summed E-state index contributed by atoms with van der Waals surface area (Å²) in [4.78, 5) is 40.1. The highest BCUT2D eigenvalue weighted by molar-refractivity contribution is 6.44. The average molecular weight is 471 g/mol. The van der Waals surface area contributed by atoms with E-state index >= 15 is 0 Å². The number of carbonyl (C=O) groups is 3.